The van der Waals surface area contributed by atoms with Crippen LogP contribution >= 0.6 is 11.8 Å². The molecule has 1 amide bonds. The lowest BCUT2D eigenvalue weighted by Crippen LogP contribution is -2.23. The predicted molar refractivity (Wildman–Crippen MR) is 139 cm³/mol. The Morgan fingerprint density at radius 2 is 1.79 bits per heavy atom. The van der Waals surface area contributed by atoms with Crippen molar-refractivity contribution >= 4 is 29.2 Å². The maximum Gasteiger partial charge on any atom is 0.228 e. The van der Waals surface area contributed by atoms with E-state index in [1.54, 1.807) is 11.8 Å². The number of rotatable bonds is 7. The van der Waals surface area contributed by atoms with Gasteiger partial charge in [-0.3, -0.25) is 4.79 Å². The highest BCUT2D eigenvalue weighted by atomic mass is 32.2. The molecule has 6 N–H and O–H groups in total. The third-order valence-corrected chi connectivity index (χ3v) is 6.00. The van der Waals surface area contributed by atoms with Gasteiger partial charge in [0.1, 0.15) is 0 Å². The van der Waals surface area contributed by atoms with Gasteiger partial charge in [-0.25, -0.2) is 11.4 Å². The third kappa shape index (κ3) is 6.84. The number of hydrogen-bond donors (Lipinski definition) is 4. The number of benzene rings is 3. The lowest BCUT2D eigenvalue weighted by molar-refractivity contribution is -0.115. The molecule has 3 aromatic rings. The number of anilines is 1. The molecule has 172 valence electrons. The summed E-state index contributed by atoms with van der Waals surface area (Å²) < 4.78 is -0.0146. The van der Waals surface area contributed by atoms with Crippen molar-refractivity contribution in [3.05, 3.63) is 83.4 Å². The van der Waals surface area contributed by atoms with Gasteiger partial charge in [-0.2, -0.15) is 0 Å². The summed E-state index contributed by atoms with van der Waals surface area (Å²) in [5.74, 6) is 5.54. The highest BCUT2D eigenvalue weighted by Crippen LogP contribution is 2.39. The predicted octanol–water partition coefficient (Wildman–Crippen LogP) is 4.82. The van der Waals surface area contributed by atoms with E-state index >= 15 is 0 Å². The number of aryl methyl sites for hydroxylation is 1. The lowest BCUT2D eigenvalue weighted by Gasteiger charge is -2.21. The third-order valence-electron chi connectivity index (χ3n) is 4.82. The highest BCUT2D eigenvalue weighted by Gasteiger charge is 2.18. The minimum atomic E-state index is -0.0600. The Hall–Kier alpha value is -3.29. The Labute approximate surface area is 199 Å². The summed E-state index contributed by atoms with van der Waals surface area (Å²) in [4.78, 5) is 13.9. The van der Waals surface area contributed by atoms with Crippen LogP contribution in [0.2, 0.25) is 0 Å². The molecule has 7 heteroatoms. The lowest BCUT2D eigenvalue weighted by atomic mass is 9.98. The maximum atomic E-state index is 12.9. The summed E-state index contributed by atoms with van der Waals surface area (Å²) >= 11 is 1.71. The zero-order valence-electron chi connectivity index (χ0n) is 19.5. The van der Waals surface area contributed by atoms with E-state index in [1.165, 1.54) is 0 Å². The first-order chi connectivity index (χ1) is 15.7. The number of amides is 1. The van der Waals surface area contributed by atoms with Crippen LogP contribution in [0.3, 0.4) is 0 Å². The molecule has 0 saturated carbocycles. The number of hydrazine groups is 1. The molecular formula is C26H31N5OS. The number of hydrogen-bond acceptors (Lipinski definition) is 5. The second-order valence-electron chi connectivity index (χ2n) is 8.81. The van der Waals surface area contributed by atoms with Crippen molar-refractivity contribution in [3.63, 3.8) is 0 Å². The number of carbonyl (C=O) groups is 1. The van der Waals surface area contributed by atoms with Gasteiger partial charge < -0.3 is 11.1 Å². The van der Waals surface area contributed by atoms with Crippen LogP contribution in [0.15, 0.2) is 76.7 Å². The van der Waals surface area contributed by atoms with Gasteiger partial charge in [0.25, 0.3) is 0 Å². The molecule has 0 atom stereocenters. The first-order valence-electron chi connectivity index (χ1n) is 10.7. The molecule has 3 rings (SSSR count). The molecule has 0 unspecified atom stereocenters. The highest BCUT2D eigenvalue weighted by molar-refractivity contribution is 8.00. The molecule has 0 aromatic heterocycles. The second-order valence-corrected chi connectivity index (χ2v) is 10.7. The van der Waals surface area contributed by atoms with E-state index in [0.29, 0.717) is 6.42 Å². The topological polar surface area (TPSA) is 106 Å². The molecule has 0 aliphatic rings. The van der Waals surface area contributed by atoms with E-state index in [9.17, 15) is 4.79 Å². The van der Waals surface area contributed by atoms with Crippen LogP contribution in [-0.4, -0.2) is 16.5 Å². The number of amidine groups is 1. The molecule has 6 nitrogen and oxygen atoms in total. The first kappa shape index (κ1) is 24.4. The first-order valence-corrected chi connectivity index (χ1v) is 11.5. The van der Waals surface area contributed by atoms with Crippen LogP contribution < -0.4 is 22.4 Å². The van der Waals surface area contributed by atoms with Crippen molar-refractivity contribution in [3.8, 4) is 11.1 Å². The normalized spacial score (nSPS) is 11.8. The van der Waals surface area contributed by atoms with Crippen LogP contribution in [0.5, 0.6) is 0 Å². The Bertz CT molecular complexity index is 1170. The Kier molecular flexibility index (Phi) is 7.79. The van der Waals surface area contributed by atoms with Crippen LogP contribution in [-0.2, 0) is 11.2 Å². The van der Waals surface area contributed by atoms with Gasteiger partial charge in [0, 0.05) is 15.2 Å². The van der Waals surface area contributed by atoms with Crippen molar-refractivity contribution in [1.29, 1.82) is 0 Å². The van der Waals surface area contributed by atoms with E-state index in [0.717, 1.165) is 38.4 Å². The van der Waals surface area contributed by atoms with Gasteiger partial charge >= 0.3 is 0 Å². The number of nitrogens with one attached hydrogen (secondary N) is 2. The van der Waals surface area contributed by atoms with Gasteiger partial charge in [0.15, 0.2) is 5.84 Å². The average Bonchev–Trinajstić information content (AvgIpc) is 2.74. The minimum Gasteiger partial charge on any atom is -0.382 e. The summed E-state index contributed by atoms with van der Waals surface area (Å²) in [7, 11) is 0. The van der Waals surface area contributed by atoms with Crippen LogP contribution in [0, 0.1) is 6.92 Å². The SMILES string of the molecule is Cc1cccc(CC(=O)Nc2cc(-c3ccccc3/C(N)=N/NN)ccc2SC(C)(C)C)c1. The molecule has 0 radical (unpaired) electrons. The van der Waals surface area contributed by atoms with E-state index in [2.05, 4.69) is 36.7 Å². The van der Waals surface area contributed by atoms with Crippen LogP contribution in [0.1, 0.15) is 37.5 Å². The molecule has 0 aliphatic carbocycles. The van der Waals surface area contributed by atoms with Gasteiger partial charge in [-0.15, -0.1) is 16.9 Å². The summed E-state index contributed by atoms with van der Waals surface area (Å²) in [6.45, 7) is 8.47. The second kappa shape index (κ2) is 10.6. The molecule has 0 bridgehead atoms. The fourth-order valence-electron chi connectivity index (χ4n) is 3.50. The van der Waals surface area contributed by atoms with E-state index in [4.69, 9.17) is 11.6 Å². The van der Waals surface area contributed by atoms with Gasteiger partial charge in [-0.05, 0) is 35.7 Å². The molecule has 33 heavy (non-hydrogen) atoms. The smallest absolute Gasteiger partial charge is 0.228 e. The van der Waals surface area contributed by atoms with Crippen molar-refractivity contribution < 1.29 is 4.79 Å². The number of nitrogens with two attached hydrogens (primary N) is 2. The van der Waals surface area contributed by atoms with Gasteiger partial charge in [0.2, 0.25) is 5.91 Å². The summed E-state index contributed by atoms with van der Waals surface area (Å²) in [5.41, 5.74) is 13.8. The van der Waals surface area contributed by atoms with Crippen molar-refractivity contribution in [1.82, 2.24) is 5.53 Å². The minimum absolute atomic E-state index is 0.0146. The standard InChI is InChI=1S/C26H31N5OS/c1-17-8-7-9-18(14-17)15-24(32)29-22-16-19(12-13-23(22)33-26(2,3)4)20-10-5-6-11-21(20)25(27)30-31-28/h5-14,16,31H,15,28H2,1-4H3,(H2,27,30)(H,29,32). The molecule has 0 fully saturated rings. The van der Waals surface area contributed by atoms with E-state index in [-0.39, 0.29) is 16.5 Å². The van der Waals surface area contributed by atoms with Crippen molar-refractivity contribution in [2.75, 3.05) is 5.32 Å². The zero-order valence-corrected chi connectivity index (χ0v) is 20.3. The van der Waals surface area contributed by atoms with Gasteiger partial charge in [-0.1, -0.05) is 80.9 Å². The Morgan fingerprint density at radius 1 is 1.03 bits per heavy atom. The number of carbonyl (C=O) groups excluding carboxylic acids is 1. The zero-order chi connectivity index (χ0) is 24.0. The fourth-order valence-corrected chi connectivity index (χ4v) is 4.52. The van der Waals surface area contributed by atoms with Crippen LogP contribution in [0.4, 0.5) is 5.69 Å². The largest absolute Gasteiger partial charge is 0.382 e. The Morgan fingerprint density at radius 3 is 2.48 bits per heavy atom. The molecular weight excluding hydrogens is 430 g/mol. The van der Waals surface area contributed by atoms with Crippen molar-refractivity contribution in [2.45, 2.75) is 43.8 Å². The summed E-state index contributed by atoms with van der Waals surface area (Å²) in [6, 6.07) is 21.8. The number of thioether (sulfide) groups is 1. The quantitative estimate of drug-likeness (QED) is 0.133. The molecule has 3 aromatic carbocycles. The monoisotopic (exact) mass is 461 g/mol. The average molecular weight is 462 g/mol. The molecule has 0 aliphatic heterocycles. The van der Waals surface area contributed by atoms with E-state index < -0.39 is 0 Å². The molecule has 0 saturated heterocycles. The van der Waals surface area contributed by atoms with E-state index in [1.807, 2.05) is 73.7 Å². The Balaban J connectivity index is 1.98. The molecule has 0 spiro atoms. The van der Waals surface area contributed by atoms with Crippen molar-refractivity contribution in [2.24, 2.45) is 16.7 Å². The number of hydrazone groups is 1. The summed E-state index contributed by atoms with van der Waals surface area (Å²) in [6.07, 6.45) is 0.309. The fraction of sp³-hybridized carbons (Fsp3) is 0.231. The maximum absolute atomic E-state index is 12.9. The van der Waals surface area contributed by atoms with Crippen LogP contribution in [0.25, 0.3) is 11.1 Å². The molecule has 0 heterocycles. The number of nitrogens with zero attached hydrogens (tertiary/aromatic N) is 1. The summed E-state index contributed by atoms with van der Waals surface area (Å²) in [5, 5.41) is 7.05. The van der Waals surface area contributed by atoms with Gasteiger partial charge in [0.05, 0.1) is 12.1 Å².